The second-order valence-electron chi connectivity index (χ2n) is 6.21. The van der Waals surface area contributed by atoms with Crippen LogP contribution in [-0.4, -0.2) is 25.5 Å². The summed E-state index contributed by atoms with van der Waals surface area (Å²) in [6, 6.07) is 10.5. The SMILES string of the molecule is O=C(C[C@@H]1C=CCC1)NC[C@H]1CCN(c2ccccc2)C1. The van der Waals surface area contributed by atoms with E-state index in [2.05, 4.69) is 52.7 Å². The molecule has 1 aliphatic carbocycles. The fraction of sp³-hybridized carbons (Fsp3) is 0.500. The van der Waals surface area contributed by atoms with Gasteiger partial charge in [0.2, 0.25) is 5.91 Å². The van der Waals surface area contributed by atoms with Gasteiger partial charge < -0.3 is 10.2 Å². The van der Waals surface area contributed by atoms with Crippen molar-refractivity contribution in [1.82, 2.24) is 5.32 Å². The fourth-order valence-electron chi connectivity index (χ4n) is 3.31. The Morgan fingerprint density at radius 2 is 2.10 bits per heavy atom. The minimum atomic E-state index is 0.213. The van der Waals surface area contributed by atoms with Gasteiger partial charge in [0.1, 0.15) is 0 Å². The van der Waals surface area contributed by atoms with Crippen LogP contribution in [0.5, 0.6) is 0 Å². The predicted molar refractivity (Wildman–Crippen MR) is 86.3 cm³/mol. The van der Waals surface area contributed by atoms with Crippen LogP contribution in [0.3, 0.4) is 0 Å². The molecule has 0 bridgehead atoms. The van der Waals surface area contributed by atoms with Gasteiger partial charge in [-0.15, -0.1) is 0 Å². The summed E-state index contributed by atoms with van der Waals surface area (Å²) in [5.74, 6) is 1.26. The average molecular weight is 284 g/mol. The third-order valence-corrected chi connectivity index (χ3v) is 4.56. The molecule has 1 fully saturated rings. The monoisotopic (exact) mass is 284 g/mol. The van der Waals surface area contributed by atoms with Crippen LogP contribution >= 0.6 is 0 Å². The number of para-hydroxylation sites is 1. The van der Waals surface area contributed by atoms with Gasteiger partial charge in [-0.3, -0.25) is 4.79 Å². The summed E-state index contributed by atoms with van der Waals surface area (Å²) in [5.41, 5.74) is 1.29. The predicted octanol–water partition coefficient (Wildman–Crippen LogP) is 2.99. The number of rotatable bonds is 5. The minimum Gasteiger partial charge on any atom is -0.371 e. The molecule has 1 aromatic carbocycles. The molecule has 0 unspecified atom stereocenters. The first-order valence-electron chi connectivity index (χ1n) is 8.04. The van der Waals surface area contributed by atoms with Crippen LogP contribution in [0.25, 0.3) is 0 Å². The number of anilines is 1. The van der Waals surface area contributed by atoms with Gasteiger partial charge in [0.25, 0.3) is 0 Å². The van der Waals surface area contributed by atoms with Crippen molar-refractivity contribution < 1.29 is 4.79 Å². The minimum absolute atomic E-state index is 0.213. The standard InChI is InChI=1S/C18H24N2O/c21-18(12-15-6-4-5-7-15)19-13-16-10-11-20(14-16)17-8-2-1-3-9-17/h1-4,6,8-9,15-16H,5,7,10-14H2,(H,19,21)/t15-,16-/m1/s1. The van der Waals surface area contributed by atoms with E-state index in [4.69, 9.17) is 0 Å². The van der Waals surface area contributed by atoms with Gasteiger partial charge >= 0.3 is 0 Å². The number of allylic oxidation sites excluding steroid dienone is 2. The second kappa shape index (κ2) is 6.79. The molecule has 1 amide bonds. The van der Waals surface area contributed by atoms with Crippen LogP contribution in [0.15, 0.2) is 42.5 Å². The molecule has 0 spiro atoms. The van der Waals surface area contributed by atoms with Crippen LogP contribution in [-0.2, 0) is 4.79 Å². The van der Waals surface area contributed by atoms with Crippen LogP contribution in [0, 0.1) is 11.8 Å². The summed E-state index contributed by atoms with van der Waals surface area (Å²) in [6.45, 7) is 2.96. The van der Waals surface area contributed by atoms with Crippen molar-refractivity contribution in [3.63, 3.8) is 0 Å². The Morgan fingerprint density at radius 1 is 1.24 bits per heavy atom. The van der Waals surface area contributed by atoms with Crippen molar-refractivity contribution in [2.24, 2.45) is 11.8 Å². The summed E-state index contributed by atoms with van der Waals surface area (Å²) in [7, 11) is 0. The number of carbonyl (C=O) groups is 1. The molecule has 3 nitrogen and oxygen atoms in total. The molecule has 1 heterocycles. The molecular weight excluding hydrogens is 260 g/mol. The van der Waals surface area contributed by atoms with Crippen LogP contribution in [0.2, 0.25) is 0 Å². The Labute approximate surface area is 127 Å². The Morgan fingerprint density at radius 3 is 2.86 bits per heavy atom. The van der Waals surface area contributed by atoms with Gasteiger partial charge in [0, 0.05) is 31.7 Å². The molecule has 2 atom stereocenters. The zero-order chi connectivity index (χ0) is 14.5. The molecule has 3 rings (SSSR count). The maximum Gasteiger partial charge on any atom is 0.220 e. The number of hydrogen-bond acceptors (Lipinski definition) is 2. The first-order valence-corrected chi connectivity index (χ1v) is 8.04. The van der Waals surface area contributed by atoms with Crippen molar-refractivity contribution in [2.45, 2.75) is 25.7 Å². The Kier molecular flexibility index (Phi) is 4.59. The van der Waals surface area contributed by atoms with Crippen molar-refractivity contribution in [3.8, 4) is 0 Å². The average Bonchev–Trinajstić information content (AvgIpc) is 3.17. The van der Waals surface area contributed by atoms with Gasteiger partial charge in [-0.2, -0.15) is 0 Å². The van der Waals surface area contributed by atoms with Crippen molar-refractivity contribution in [3.05, 3.63) is 42.5 Å². The maximum absolute atomic E-state index is 11.9. The van der Waals surface area contributed by atoms with Crippen molar-refractivity contribution >= 4 is 11.6 Å². The zero-order valence-electron chi connectivity index (χ0n) is 12.5. The Hall–Kier alpha value is -1.77. The van der Waals surface area contributed by atoms with E-state index in [1.165, 1.54) is 12.1 Å². The van der Waals surface area contributed by atoms with Gasteiger partial charge in [0.15, 0.2) is 0 Å². The molecule has 0 radical (unpaired) electrons. The normalized spacial score (nSPS) is 24.5. The maximum atomic E-state index is 11.9. The van der Waals surface area contributed by atoms with E-state index in [1.807, 2.05) is 0 Å². The molecule has 112 valence electrons. The zero-order valence-corrected chi connectivity index (χ0v) is 12.5. The third-order valence-electron chi connectivity index (χ3n) is 4.56. The first kappa shape index (κ1) is 14.2. The molecule has 0 saturated carbocycles. The van der Waals surface area contributed by atoms with Crippen LogP contribution in [0.1, 0.15) is 25.7 Å². The number of carbonyl (C=O) groups excluding carboxylic acids is 1. The lowest BCUT2D eigenvalue weighted by atomic mass is 10.0. The summed E-state index contributed by atoms with van der Waals surface area (Å²) < 4.78 is 0. The number of nitrogens with zero attached hydrogens (tertiary/aromatic N) is 1. The van der Waals surface area contributed by atoms with Gasteiger partial charge in [0.05, 0.1) is 0 Å². The van der Waals surface area contributed by atoms with Crippen LogP contribution in [0.4, 0.5) is 5.69 Å². The second-order valence-corrected chi connectivity index (χ2v) is 6.21. The summed E-state index contributed by atoms with van der Waals surface area (Å²) in [6.07, 6.45) is 8.47. The summed E-state index contributed by atoms with van der Waals surface area (Å²) in [4.78, 5) is 14.4. The quantitative estimate of drug-likeness (QED) is 0.843. The lowest BCUT2D eigenvalue weighted by Gasteiger charge is -2.18. The Balaban J connectivity index is 1.40. The number of benzene rings is 1. The highest BCUT2D eigenvalue weighted by Gasteiger charge is 2.23. The lowest BCUT2D eigenvalue weighted by molar-refractivity contribution is -0.121. The topological polar surface area (TPSA) is 32.3 Å². The highest BCUT2D eigenvalue weighted by molar-refractivity contribution is 5.76. The summed E-state index contributed by atoms with van der Waals surface area (Å²) >= 11 is 0. The third kappa shape index (κ3) is 3.87. The molecule has 1 N–H and O–H groups in total. The van der Waals surface area contributed by atoms with Gasteiger partial charge in [-0.25, -0.2) is 0 Å². The largest absolute Gasteiger partial charge is 0.371 e. The van der Waals surface area contributed by atoms with E-state index in [0.717, 1.165) is 32.5 Å². The molecule has 0 aromatic heterocycles. The van der Waals surface area contributed by atoms with E-state index in [9.17, 15) is 4.79 Å². The fourth-order valence-corrected chi connectivity index (χ4v) is 3.31. The number of nitrogens with one attached hydrogen (secondary N) is 1. The molecule has 2 aliphatic rings. The summed E-state index contributed by atoms with van der Waals surface area (Å²) in [5, 5.41) is 3.12. The molecule has 3 heteroatoms. The van der Waals surface area contributed by atoms with E-state index in [-0.39, 0.29) is 5.91 Å². The van der Waals surface area contributed by atoms with Crippen LogP contribution < -0.4 is 10.2 Å². The Bertz CT molecular complexity index is 497. The van der Waals surface area contributed by atoms with Gasteiger partial charge in [-0.05, 0) is 43.2 Å². The van der Waals surface area contributed by atoms with Gasteiger partial charge in [-0.1, -0.05) is 30.4 Å². The highest BCUT2D eigenvalue weighted by Crippen LogP contribution is 2.23. The molecule has 1 aliphatic heterocycles. The smallest absolute Gasteiger partial charge is 0.220 e. The van der Waals surface area contributed by atoms with E-state index < -0.39 is 0 Å². The first-order chi connectivity index (χ1) is 10.3. The number of amides is 1. The number of hydrogen-bond donors (Lipinski definition) is 1. The lowest BCUT2D eigenvalue weighted by Crippen LogP contribution is -2.31. The van der Waals surface area contributed by atoms with E-state index >= 15 is 0 Å². The van der Waals surface area contributed by atoms with Crippen molar-refractivity contribution in [1.29, 1.82) is 0 Å². The molecular formula is C18H24N2O. The van der Waals surface area contributed by atoms with E-state index in [0.29, 0.717) is 18.3 Å². The highest BCUT2D eigenvalue weighted by atomic mass is 16.1. The molecule has 1 saturated heterocycles. The van der Waals surface area contributed by atoms with Crippen molar-refractivity contribution in [2.75, 3.05) is 24.5 Å². The molecule has 21 heavy (non-hydrogen) atoms. The molecule has 1 aromatic rings. The van der Waals surface area contributed by atoms with E-state index in [1.54, 1.807) is 0 Å².